The number of nitrogens with zero attached hydrogens (tertiary/aromatic N) is 2. The number of aromatic nitrogens is 2. The summed E-state index contributed by atoms with van der Waals surface area (Å²) in [4.78, 5) is 0. The first-order chi connectivity index (χ1) is 7.08. The van der Waals surface area contributed by atoms with E-state index in [2.05, 4.69) is 21.0 Å². The molecule has 0 bridgehead atoms. The highest BCUT2D eigenvalue weighted by Gasteiger charge is 2.08. The van der Waals surface area contributed by atoms with Crippen LogP contribution in [0.3, 0.4) is 0 Å². The third-order valence-electron chi connectivity index (χ3n) is 2.00. The number of benzene rings is 1. The Morgan fingerprint density at radius 1 is 1.27 bits per heavy atom. The van der Waals surface area contributed by atoms with Gasteiger partial charge >= 0.3 is 0 Å². The first kappa shape index (κ1) is 11.0. The lowest BCUT2D eigenvalue weighted by atomic mass is 10.3. The van der Waals surface area contributed by atoms with Gasteiger partial charge in [0.1, 0.15) is 4.60 Å². The molecule has 0 aliphatic rings. The second kappa shape index (κ2) is 4.16. The topological polar surface area (TPSA) is 17.8 Å². The summed E-state index contributed by atoms with van der Waals surface area (Å²) in [5.74, 6) is 0. The monoisotopic (exact) mass is 304 g/mol. The van der Waals surface area contributed by atoms with Gasteiger partial charge in [0.05, 0.1) is 10.7 Å². The summed E-state index contributed by atoms with van der Waals surface area (Å²) in [5, 5.41) is 5.48. The molecule has 2 nitrogen and oxygen atoms in total. The molecule has 15 heavy (non-hydrogen) atoms. The van der Waals surface area contributed by atoms with Gasteiger partial charge in [0.15, 0.2) is 0 Å². The summed E-state index contributed by atoms with van der Waals surface area (Å²) in [7, 11) is 0. The van der Waals surface area contributed by atoms with Crippen LogP contribution in [0.4, 0.5) is 0 Å². The van der Waals surface area contributed by atoms with Crippen LogP contribution in [0.1, 0.15) is 5.69 Å². The number of aryl methyl sites for hydroxylation is 1. The van der Waals surface area contributed by atoms with Gasteiger partial charge in [0.25, 0.3) is 0 Å². The molecule has 0 unspecified atom stereocenters. The molecule has 5 heteroatoms. The maximum absolute atomic E-state index is 6.08. The van der Waals surface area contributed by atoms with Crippen molar-refractivity contribution in [1.82, 2.24) is 9.78 Å². The van der Waals surface area contributed by atoms with Gasteiger partial charge in [-0.15, -0.1) is 0 Å². The van der Waals surface area contributed by atoms with E-state index in [-0.39, 0.29) is 0 Å². The van der Waals surface area contributed by atoms with Crippen molar-refractivity contribution in [3.63, 3.8) is 0 Å². The minimum atomic E-state index is 0.584. The zero-order valence-corrected chi connectivity index (χ0v) is 10.9. The Labute approximate surface area is 106 Å². The molecule has 0 aliphatic heterocycles. The van der Waals surface area contributed by atoms with Crippen LogP contribution in [0.2, 0.25) is 10.0 Å². The summed E-state index contributed by atoms with van der Waals surface area (Å²) in [6, 6.07) is 7.26. The van der Waals surface area contributed by atoms with Crippen LogP contribution >= 0.6 is 39.1 Å². The molecule has 0 saturated heterocycles. The van der Waals surface area contributed by atoms with Crippen molar-refractivity contribution < 1.29 is 0 Å². The van der Waals surface area contributed by atoms with E-state index >= 15 is 0 Å². The molecule has 0 fully saturated rings. The van der Waals surface area contributed by atoms with Gasteiger partial charge in [-0.2, -0.15) is 5.10 Å². The Kier molecular flexibility index (Phi) is 3.05. The Morgan fingerprint density at radius 3 is 2.53 bits per heavy atom. The SMILES string of the molecule is Cc1cc(Br)nn1-c1ccc(Cl)cc1Cl. The first-order valence-electron chi connectivity index (χ1n) is 4.25. The third-order valence-corrected chi connectivity index (χ3v) is 2.92. The summed E-state index contributed by atoms with van der Waals surface area (Å²) in [5.41, 5.74) is 1.83. The van der Waals surface area contributed by atoms with E-state index < -0.39 is 0 Å². The highest BCUT2D eigenvalue weighted by atomic mass is 79.9. The average molecular weight is 306 g/mol. The Morgan fingerprint density at radius 2 is 2.00 bits per heavy atom. The Bertz CT molecular complexity index is 508. The summed E-state index contributed by atoms with van der Waals surface area (Å²) >= 11 is 15.2. The van der Waals surface area contributed by atoms with Gasteiger partial charge < -0.3 is 0 Å². The lowest BCUT2D eigenvalue weighted by Crippen LogP contribution is -1.99. The normalized spacial score (nSPS) is 10.7. The zero-order valence-electron chi connectivity index (χ0n) is 7.84. The van der Waals surface area contributed by atoms with Gasteiger partial charge in [-0.3, -0.25) is 0 Å². The molecule has 1 heterocycles. The average Bonchev–Trinajstić information content (AvgIpc) is 2.45. The van der Waals surface area contributed by atoms with E-state index in [1.54, 1.807) is 16.8 Å². The maximum Gasteiger partial charge on any atom is 0.128 e. The molecule has 0 aliphatic carbocycles. The van der Waals surface area contributed by atoms with E-state index in [1.165, 1.54) is 0 Å². The Balaban J connectivity index is 2.59. The zero-order chi connectivity index (χ0) is 11.0. The predicted molar refractivity (Wildman–Crippen MR) is 66.0 cm³/mol. The van der Waals surface area contributed by atoms with Crippen LogP contribution in [0.5, 0.6) is 0 Å². The quantitative estimate of drug-likeness (QED) is 0.770. The second-order valence-corrected chi connectivity index (χ2v) is 4.77. The fraction of sp³-hybridized carbons (Fsp3) is 0.100. The van der Waals surface area contributed by atoms with Crippen molar-refractivity contribution in [3.05, 3.63) is 44.6 Å². The second-order valence-electron chi connectivity index (χ2n) is 3.12. The molecule has 0 spiro atoms. The van der Waals surface area contributed by atoms with Gasteiger partial charge in [0, 0.05) is 10.7 Å². The largest absolute Gasteiger partial charge is 0.235 e. The predicted octanol–water partition coefficient (Wildman–Crippen LogP) is 4.25. The van der Waals surface area contributed by atoms with Crippen LogP contribution in [0, 0.1) is 6.92 Å². The Hall–Kier alpha value is -0.510. The van der Waals surface area contributed by atoms with Crippen LogP contribution in [-0.4, -0.2) is 9.78 Å². The number of rotatable bonds is 1. The molecule has 78 valence electrons. The van der Waals surface area contributed by atoms with E-state index in [9.17, 15) is 0 Å². The lowest BCUT2D eigenvalue weighted by Gasteiger charge is -2.06. The van der Waals surface area contributed by atoms with E-state index in [4.69, 9.17) is 23.2 Å². The number of hydrogen-bond acceptors (Lipinski definition) is 1. The fourth-order valence-electron chi connectivity index (χ4n) is 1.33. The fourth-order valence-corrected chi connectivity index (χ4v) is 2.31. The molecule has 2 aromatic rings. The first-order valence-corrected chi connectivity index (χ1v) is 5.80. The molecular weight excluding hydrogens is 299 g/mol. The summed E-state index contributed by atoms with van der Waals surface area (Å²) < 4.78 is 2.55. The molecule has 0 atom stereocenters. The van der Waals surface area contributed by atoms with Crippen molar-refractivity contribution in [3.8, 4) is 5.69 Å². The van der Waals surface area contributed by atoms with Crippen molar-refractivity contribution in [1.29, 1.82) is 0 Å². The maximum atomic E-state index is 6.08. The van der Waals surface area contributed by atoms with Crippen LogP contribution in [-0.2, 0) is 0 Å². The van der Waals surface area contributed by atoms with E-state index in [0.717, 1.165) is 16.0 Å². The molecular formula is C10H7BrCl2N2. The van der Waals surface area contributed by atoms with Crippen molar-refractivity contribution in [2.75, 3.05) is 0 Å². The molecule has 0 amide bonds. The van der Waals surface area contributed by atoms with Crippen molar-refractivity contribution in [2.45, 2.75) is 6.92 Å². The van der Waals surface area contributed by atoms with Crippen LogP contribution in [0.15, 0.2) is 28.9 Å². The van der Waals surface area contributed by atoms with Crippen LogP contribution < -0.4 is 0 Å². The van der Waals surface area contributed by atoms with Gasteiger partial charge in [0.2, 0.25) is 0 Å². The van der Waals surface area contributed by atoms with E-state index in [0.29, 0.717) is 10.0 Å². The summed E-state index contributed by atoms with van der Waals surface area (Å²) in [6.07, 6.45) is 0. The van der Waals surface area contributed by atoms with Crippen molar-refractivity contribution in [2.24, 2.45) is 0 Å². The minimum Gasteiger partial charge on any atom is -0.235 e. The number of halogens is 3. The minimum absolute atomic E-state index is 0.584. The molecule has 0 N–H and O–H groups in total. The molecule has 1 aromatic carbocycles. The third kappa shape index (κ3) is 2.19. The van der Waals surface area contributed by atoms with Crippen molar-refractivity contribution >= 4 is 39.1 Å². The molecule has 1 aromatic heterocycles. The van der Waals surface area contributed by atoms with E-state index in [1.807, 2.05) is 19.1 Å². The molecule has 0 saturated carbocycles. The standard InChI is InChI=1S/C10H7BrCl2N2/c1-6-4-10(11)14-15(6)9-3-2-7(12)5-8(9)13/h2-5H,1H3. The molecule has 0 radical (unpaired) electrons. The molecule has 2 rings (SSSR count). The highest BCUT2D eigenvalue weighted by Crippen LogP contribution is 2.25. The van der Waals surface area contributed by atoms with Gasteiger partial charge in [-0.1, -0.05) is 23.2 Å². The number of hydrogen-bond donors (Lipinski definition) is 0. The van der Waals surface area contributed by atoms with Gasteiger partial charge in [-0.05, 0) is 47.1 Å². The van der Waals surface area contributed by atoms with Crippen LogP contribution in [0.25, 0.3) is 5.69 Å². The lowest BCUT2D eigenvalue weighted by molar-refractivity contribution is 0.839. The van der Waals surface area contributed by atoms with Gasteiger partial charge in [-0.25, -0.2) is 4.68 Å². The highest BCUT2D eigenvalue weighted by molar-refractivity contribution is 9.10. The summed E-state index contributed by atoms with van der Waals surface area (Å²) in [6.45, 7) is 1.96. The smallest absolute Gasteiger partial charge is 0.128 e.